The van der Waals surface area contributed by atoms with Gasteiger partial charge in [-0.3, -0.25) is 14.5 Å². The van der Waals surface area contributed by atoms with Crippen LogP contribution in [0.5, 0.6) is 0 Å². The first kappa shape index (κ1) is 28.3. The molecule has 2 aliphatic rings. The van der Waals surface area contributed by atoms with Crippen molar-refractivity contribution in [3.05, 3.63) is 0 Å². The molecule has 0 aromatic carbocycles. The highest BCUT2D eigenvalue weighted by Crippen LogP contribution is 2.36. The number of hydrogen-bond acceptors (Lipinski definition) is 3. The molecule has 0 aromatic rings. The van der Waals surface area contributed by atoms with E-state index in [1.54, 1.807) is 4.90 Å². The number of carbonyl (C=O) groups is 2. The average molecular weight is 463 g/mol. The lowest BCUT2D eigenvalue weighted by molar-refractivity contribution is -0.144. The average Bonchev–Trinajstić information content (AvgIpc) is 2.99. The number of rotatable bonds is 16. The summed E-state index contributed by atoms with van der Waals surface area (Å²) in [5.74, 6) is 0.0954. The van der Waals surface area contributed by atoms with Crippen LogP contribution in [0.1, 0.15) is 150 Å². The number of nitrogens with zero attached hydrogens (tertiary/aromatic N) is 1. The van der Waals surface area contributed by atoms with Crippen LogP contribution in [-0.2, 0) is 9.59 Å². The van der Waals surface area contributed by atoms with E-state index < -0.39 is 0 Å². The number of nitrogens with one attached hydrogen (secondary N) is 1. The predicted molar refractivity (Wildman–Crippen MR) is 139 cm³/mol. The SMILES string of the molecule is CCCCCCCCCCCCCCCCC1CC(=O)N(C2CC(C)(C)NC(C)(C)C2)C1=O. The Morgan fingerprint density at radius 2 is 1.15 bits per heavy atom. The highest BCUT2D eigenvalue weighted by atomic mass is 16.2. The topological polar surface area (TPSA) is 49.4 Å². The zero-order chi connectivity index (χ0) is 24.3. The molecule has 0 aromatic heterocycles. The molecule has 1 N–H and O–H groups in total. The maximum absolute atomic E-state index is 13.1. The van der Waals surface area contributed by atoms with Crippen LogP contribution < -0.4 is 5.32 Å². The van der Waals surface area contributed by atoms with Gasteiger partial charge in [0.1, 0.15) is 0 Å². The van der Waals surface area contributed by atoms with Gasteiger partial charge in [-0.05, 0) is 47.0 Å². The molecule has 33 heavy (non-hydrogen) atoms. The molecule has 2 rings (SSSR count). The van der Waals surface area contributed by atoms with Crippen molar-refractivity contribution in [2.24, 2.45) is 5.92 Å². The van der Waals surface area contributed by atoms with Crippen LogP contribution in [0.25, 0.3) is 0 Å². The van der Waals surface area contributed by atoms with Crippen molar-refractivity contribution in [3.8, 4) is 0 Å². The lowest BCUT2D eigenvalue weighted by atomic mass is 9.79. The van der Waals surface area contributed by atoms with Gasteiger partial charge in [0.25, 0.3) is 0 Å². The van der Waals surface area contributed by atoms with Crippen LogP contribution in [0.2, 0.25) is 0 Å². The summed E-state index contributed by atoms with van der Waals surface area (Å²) < 4.78 is 0. The third-order valence-electron chi connectivity index (χ3n) is 7.72. The largest absolute Gasteiger partial charge is 0.307 e. The minimum absolute atomic E-state index is 0.0394. The van der Waals surface area contributed by atoms with Crippen LogP contribution in [0.4, 0.5) is 0 Å². The summed E-state index contributed by atoms with van der Waals surface area (Å²) in [6, 6.07) is 0.0394. The van der Waals surface area contributed by atoms with E-state index in [1.165, 1.54) is 83.5 Å². The van der Waals surface area contributed by atoms with E-state index in [-0.39, 0.29) is 34.9 Å². The summed E-state index contributed by atoms with van der Waals surface area (Å²) in [7, 11) is 0. The molecule has 0 bridgehead atoms. The molecule has 0 aliphatic carbocycles. The fourth-order valence-corrected chi connectivity index (χ4v) is 6.36. The van der Waals surface area contributed by atoms with Crippen molar-refractivity contribution in [2.45, 2.75) is 167 Å². The second-order valence-corrected chi connectivity index (χ2v) is 12.3. The molecule has 2 heterocycles. The van der Waals surface area contributed by atoms with Gasteiger partial charge >= 0.3 is 0 Å². The zero-order valence-electron chi connectivity index (χ0n) is 22.6. The summed E-state index contributed by atoms with van der Waals surface area (Å²) in [5.41, 5.74) is -0.112. The first-order valence-electron chi connectivity index (χ1n) is 14.3. The third-order valence-corrected chi connectivity index (χ3v) is 7.72. The van der Waals surface area contributed by atoms with E-state index in [0.29, 0.717) is 6.42 Å². The molecule has 0 saturated carbocycles. The molecule has 4 heteroatoms. The summed E-state index contributed by atoms with van der Waals surface area (Å²) in [6.07, 6.45) is 21.8. The second kappa shape index (κ2) is 13.9. The van der Waals surface area contributed by atoms with Gasteiger partial charge in [-0.15, -0.1) is 0 Å². The Balaban J connectivity index is 1.55. The fourth-order valence-electron chi connectivity index (χ4n) is 6.36. The molecule has 2 amide bonds. The smallest absolute Gasteiger partial charge is 0.233 e. The van der Waals surface area contributed by atoms with Crippen LogP contribution in [0, 0.1) is 5.92 Å². The lowest BCUT2D eigenvalue weighted by Gasteiger charge is -2.48. The Kier molecular flexibility index (Phi) is 11.9. The number of carbonyl (C=O) groups excluding carboxylic acids is 2. The lowest BCUT2D eigenvalue weighted by Crippen LogP contribution is -2.62. The summed E-state index contributed by atoms with van der Waals surface area (Å²) in [5, 5.41) is 3.66. The first-order chi connectivity index (χ1) is 15.7. The molecule has 2 saturated heterocycles. The van der Waals surface area contributed by atoms with Crippen LogP contribution in [0.15, 0.2) is 0 Å². The quantitative estimate of drug-likeness (QED) is 0.190. The molecule has 1 atom stereocenters. The molecular formula is C29H54N2O2. The van der Waals surface area contributed by atoms with Gasteiger partial charge in [0.15, 0.2) is 0 Å². The van der Waals surface area contributed by atoms with Gasteiger partial charge in [-0.25, -0.2) is 0 Å². The van der Waals surface area contributed by atoms with Crippen molar-refractivity contribution < 1.29 is 9.59 Å². The predicted octanol–water partition coefficient (Wildman–Crippen LogP) is 7.54. The second-order valence-electron chi connectivity index (χ2n) is 12.3. The number of hydrogen-bond donors (Lipinski definition) is 1. The maximum atomic E-state index is 13.1. The Hall–Kier alpha value is -0.900. The normalized spacial score (nSPS) is 22.9. The molecule has 192 valence electrons. The fraction of sp³-hybridized carbons (Fsp3) is 0.931. The standard InChI is InChI=1S/C29H54N2O2/c1-6-7-8-9-10-11-12-13-14-15-16-17-18-19-20-24-21-26(32)31(27(24)33)25-22-28(2,3)30-29(4,5)23-25/h24-25,30H,6-23H2,1-5H3. The molecule has 2 fully saturated rings. The van der Waals surface area contributed by atoms with Crippen molar-refractivity contribution in [1.82, 2.24) is 10.2 Å². The van der Waals surface area contributed by atoms with Crippen molar-refractivity contribution in [3.63, 3.8) is 0 Å². The van der Waals surface area contributed by atoms with Crippen LogP contribution in [0.3, 0.4) is 0 Å². The molecule has 0 radical (unpaired) electrons. The van der Waals surface area contributed by atoms with Crippen LogP contribution in [-0.4, -0.2) is 33.8 Å². The van der Waals surface area contributed by atoms with Crippen molar-refractivity contribution in [1.29, 1.82) is 0 Å². The highest BCUT2D eigenvalue weighted by molar-refractivity contribution is 6.03. The van der Waals surface area contributed by atoms with Crippen LogP contribution >= 0.6 is 0 Å². The molecule has 2 aliphatic heterocycles. The number of imide groups is 1. The number of unbranched alkanes of at least 4 members (excludes halogenated alkanes) is 13. The zero-order valence-corrected chi connectivity index (χ0v) is 22.6. The maximum Gasteiger partial charge on any atom is 0.233 e. The molecule has 4 nitrogen and oxygen atoms in total. The van der Waals surface area contributed by atoms with E-state index >= 15 is 0 Å². The Bertz CT molecular complexity index is 582. The van der Waals surface area contributed by atoms with E-state index in [0.717, 1.165) is 25.7 Å². The Labute approximate surface area is 205 Å². The van der Waals surface area contributed by atoms with Crippen molar-refractivity contribution >= 4 is 11.8 Å². The van der Waals surface area contributed by atoms with Gasteiger partial charge in [-0.1, -0.05) is 96.8 Å². The summed E-state index contributed by atoms with van der Waals surface area (Å²) in [4.78, 5) is 27.5. The first-order valence-corrected chi connectivity index (χ1v) is 14.3. The van der Waals surface area contributed by atoms with E-state index in [2.05, 4.69) is 39.9 Å². The van der Waals surface area contributed by atoms with Crippen molar-refractivity contribution in [2.75, 3.05) is 0 Å². The van der Waals surface area contributed by atoms with E-state index in [9.17, 15) is 9.59 Å². The van der Waals surface area contributed by atoms with Gasteiger partial charge < -0.3 is 5.32 Å². The van der Waals surface area contributed by atoms with Gasteiger partial charge in [0.05, 0.1) is 0 Å². The number of likely N-dealkylation sites (tertiary alicyclic amines) is 1. The van der Waals surface area contributed by atoms with Gasteiger partial charge in [0, 0.05) is 29.5 Å². The molecular weight excluding hydrogens is 408 g/mol. The third kappa shape index (κ3) is 10.1. The minimum atomic E-state index is -0.0732. The monoisotopic (exact) mass is 462 g/mol. The summed E-state index contributed by atoms with van der Waals surface area (Å²) in [6.45, 7) is 11.0. The Morgan fingerprint density at radius 3 is 1.61 bits per heavy atom. The number of piperidine rings is 1. The van der Waals surface area contributed by atoms with Gasteiger partial charge in [0.2, 0.25) is 11.8 Å². The Morgan fingerprint density at radius 1 is 0.727 bits per heavy atom. The van der Waals surface area contributed by atoms with E-state index in [1.807, 2.05) is 0 Å². The summed E-state index contributed by atoms with van der Waals surface area (Å²) >= 11 is 0. The van der Waals surface area contributed by atoms with E-state index in [4.69, 9.17) is 0 Å². The van der Waals surface area contributed by atoms with Gasteiger partial charge in [-0.2, -0.15) is 0 Å². The number of amides is 2. The molecule has 0 spiro atoms. The molecule has 1 unspecified atom stereocenters. The highest BCUT2D eigenvalue weighted by Gasteiger charge is 2.47. The minimum Gasteiger partial charge on any atom is -0.307 e.